The van der Waals surface area contributed by atoms with Crippen molar-refractivity contribution in [3.05, 3.63) is 18.3 Å². The van der Waals surface area contributed by atoms with Crippen LogP contribution in [0.15, 0.2) is 12.7 Å². The van der Waals surface area contributed by atoms with E-state index in [1.165, 1.54) is 0 Å². The lowest BCUT2D eigenvalue weighted by molar-refractivity contribution is 1.10. The number of fused-ring (bicyclic) bond motifs is 1. The number of hydrogen-bond acceptors (Lipinski definition) is 3. The Bertz CT molecular complexity index is 469. The second-order valence-electron chi connectivity index (χ2n) is 4.42. The summed E-state index contributed by atoms with van der Waals surface area (Å²) in [6.07, 6.45) is 3.49. The average Bonchev–Trinajstić information content (AvgIpc) is 2.47. The SMILES string of the molecule is Cc1ncnc2c1ncn2[Si](C)(C)C. The van der Waals surface area contributed by atoms with Crippen LogP contribution < -0.4 is 0 Å². The second kappa shape index (κ2) is 2.88. The summed E-state index contributed by atoms with van der Waals surface area (Å²) in [6.45, 7) is 8.77. The fourth-order valence-corrected chi connectivity index (χ4v) is 2.65. The lowest BCUT2D eigenvalue weighted by Gasteiger charge is -2.17. The maximum absolute atomic E-state index is 4.36. The molecule has 0 bridgehead atoms. The van der Waals surface area contributed by atoms with Crippen molar-refractivity contribution in [2.75, 3.05) is 0 Å². The van der Waals surface area contributed by atoms with Crippen molar-refractivity contribution in [1.82, 2.24) is 19.2 Å². The first kappa shape index (κ1) is 9.33. The minimum absolute atomic E-state index is 0.926. The zero-order chi connectivity index (χ0) is 10.3. The summed E-state index contributed by atoms with van der Waals surface area (Å²) in [5.41, 5.74) is 2.85. The Morgan fingerprint density at radius 1 is 1.14 bits per heavy atom. The van der Waals surface area contributed by atoms with Crippen LogP contribution in [0.5, 0.6) is 0 Å². The first-order valence-corrected chi connectivity index (χ1v) is 8.10. The third kappa shape index (κ3) is 1.33. The third-order valence-electron chi connectivity index (χ3n) is 2.24. The zero-order valence-corrected chi connectivity index (χ0v) is 9.94. The predicted molar refractivity (Wildman–Crippen MR) is 58.8 cm³/mol. The molecule has 2 aromatic heterocycles. The maximum atomic E-state index is 4.36. The lowest BCUT2D eigenvalue weighted by atomic mass is 10.4. The first-order chi connectivity index (χ1) is 6.50. The highest BCUT2D eigenvalue weighted by molar-refractivity contribution is 6.75. The molecule has 0 aliphatic carbocycles. The van der Waals surface area contributed by atoms with Crippen LogP contribution in [-0.4, -0.2) is 27.4 Å². The van der Waals surface area contributed by atoms with E-state index in [1.807, 2.05) is 13.3 Å². The zero-order valence-electron chi connectivity index (χ0n) is 8.94. The highest BCUT2D eigenvalue weighted by Crippen LogP contribution is 2.16. The quantitative estimate of drug-likeness (QED) is 0.668. The normalized spacial score (nSPS) is 12.3. The van der Waals surface area contributed by atoms with Crippen molar-refractivity contribution in [3.8, 4) is 0 Å². The fourth-order valence-electron chi connectivity index (χ4n) is 1.44. The van der Waals surface area contributed by atoms with Crippen LogP contribution in [0.4, 0.5) is 0 Å². The number of hydrogen-bond donors (Lipinski definition) is 0. The molecule has 0 aliphatic rings. The average molecular weight is 206 g/mol. The molecule has 14 heavy (non-hydrogen) atoms. The number of aromatic nitrogens is 4. The number of imidazole rings is 1. The Morgan fingerprint density at radius 3 is 2.50 bits per heavy atom. The molecule has 0 amide bonds. The number of rotatable bonds is 1. The van der Waals surface area contributed by atoms with E-state index in [2.05, 4.69) is 38.8 Å². The highest BCUT2D eigenvalue weighted by atomic mass is 28.3. The van der Waals surface area contributed by atoms with Gasteiger partial charge in [0.2, 0.25) is 0 Å². The summed E-state index contributed by atoms with van der Waals surface area (Å²) in [5.74, 6) is 0. The van der Waals surface area contributed by atoms with Gasteiger partial charge in [-0.25, -0.2) is 15.0 Å². The van der Waals surface area contributed by atoms with E-state index >= 15 is 0 Å². The minimum Gasteiger partial charge on any atom is -0.344 e. The molecule has 0 aromatic carbocycles. The van der Waals surface area contributed by atoms with Gasteiger partial charge in [-0.2, -0.15) is 0 Å². The molecule has 2 rings (SSSR count). The van der Waals surface area contributed by atoms with Gasteiger partial charge in [0.25, 0.3) is 0 Å². The largest absolute Gasteiger partial charge is 0.344 e. The molecule has 0 atom stereocenters. The van der Waals surface area contributed by atoms with Gasteiger partial charge in [-0.15, -0.1) is 0 Å². The van der Waals surface area contributed by atoms with E-state index in [0.717, 1.165) is 16.9 Å². The van der Waals surface area contributed by atoms with Gasteiger partial charge in [0, 0.05) is 0 Å². The third-order valence-corrected chi connectivity index (χ3v) is 4.01. The molecule has 0 saturated heterocycles. The maximum Gasteiger partial charge on any atom is 0.156 e. The van der Waals surface area contributed by atoms with Gasteiger partial charge in [0.05, 0.1) is 12.0 Å². The van der Waals surface area contributed by atoms with E-state index in [0.29, 0.717) is 0 Å². The van der Waals surface area contributed by atoms with Crippen LogP contribution in [0.3, 0.4) is 0 Å². The Labute approximate surface area is 84.1 Å². The van der Waals surface area contributed by atoms with Crippen LogP contribution in [0, 0.1) is 6.92 Å². The van der Waals surface area contributed by atoms with Gasteiger partial charge >= 0.3 is 0 Å². The van der Waals surface area contributed by atoms with Crippen molar-refractivity contribution in [3.63, 3.8) is 0 Å². The molecule has 4 nitrogen and oxygen atoms in total. The van der Waals surface area contributed by atoms with E-state index in [1.54, 1.807) is 6.33 Å². The predicted octanol–water partition coefficient (Wildman–Crippen LogP) is 1.82. The molecule has 0 aliphatic heterocycles. The highest BCUT2D eigenvalue weighted by Gasteiger charge is 2.20. The van der Waals surface area contributed by atoms with E-state index < -0.39 is 8.24 Å². The minimum atomic E-state index is -1.40. The molecule has 74 valence electrons. The Kier molecular flexibility index (Phi) is 1.92. The Balaban J connectivity index is 2.76. The van der Waals surface area contributed by atoms with Crippen LogP contribution in [-0.2, 0) is 0 Å². The van der Waals surface area contributed by atoms with Crippen LogP contribution in [0.25, 0.3) is 11.2 Å². The fraction of sp³-hybridized carbons (Fsp3) is 0.444. The summed E-state index contributed by atoms with van der Waals surface area (Å²) < 4.78 is 2.21. The molecule has 0 N–H and O–H groups in total. The van der Waals surface area contributed by atoms with Crippen LogP contribution in [0.2, 0.25) is 19.6 Å². The smallest absolute Gasteiger partial charge is 0.156 e. The van der Waals surface area contributed by atoms with Crippen molar-refractivity contribution < 1.29 is 0 Å². The molecule has 5 heteroatoms. The molecule has 0 spiro atoms. The van der Waals surface area contributed by atoms with E-state index in [9.17, 15) is 0 Å². The molecular weight excluding hydrogens is 192 g/mol. The van der Waals surface area contributed by atoms with Gasteiger partial charge in [-0.3, -0.25) is 0 Å². The Morgan fingerprint density at radius 2 is 1.86 bits per heavy atom. The lowest BCUT2D eigenvalue weighted by Crippen LogP contribution is -2.31. The molecule has 0 radical (unpaired) electrons. The molecule has 0 unspecified atom stereocenters. The van der Waals surface area contributed by atoms with E-state index in [-0.39, 0.29) is 0 Å². The second-order valence-corrected chi connectivity index (χ2v) is 9.24. The van der Waals surface area contributed by atoms with Crippen molar-refractivity contribution in [2.45, 2.75) is 26.6 Å². The van der Waals surface area contributed by atoms with Crippen molar-refractivity contribution in [2.24, 2.45) is 0 Å². The first-order valence-electron chi connectivity index (χ1n) is 4.65. The summed E-state index contributed by atoms with van der Waals surface area (Å²) in [4.78, 5) is 12.8. The number of nitrogens with zero attached hydrogens (tertiary/aromatic N) is 4. The van der Waals surface area contributed by atoms with E-state index in [4.69, 9.17) is 0 Å². The van der Waals surface area contributed by atoms with Gasteiger partial charge in [-0.1, -0.05) is 19.6 Å². The van der Waals surface area contributed by atoms with Crippen LogP contribution >= 0.6 is 0 Å². The molecular formula is C9H14N4Si. The van der Waals surface area contributed by atoms with Gasteiger partial charge in [0.15, 0.2) is 13.9 Å². The van der Waals surface area contributed by atoms with Gasteiger partial charge in [-0.05, 0) is 6.92 Å². The summed E-state index contributed by atoms with van der Waals surface area (Å²) in [7, 11) is -1.40. The molecule has 2 heterocycles. The monoisotopic (exact) mass is 206 g/mol. The summed E-state index contributed by atoms with van der Waals surface area (Å²) >= 11 is 0. The van der Waals surface area contributed by atoms with Crippen molar-refractivity contribution >= 4 is 19.4 Å². The van der Waals surface area contributed by atoms with Crippen molar-refractivity contribution in [1.29, 1.82) is 0 Å². The summed E-state index contributed by atoms with van der Waals surface area (Å²) in [6, 6.07) is 0. The molecule has 0 fully saturated rings. The van der Waals surface area contributed by atoms with Gasteiger partial charge < -0.3 is 4.23 Å². The van der Waals surface area contributed by atoms with Crippen LogP contribution in [0.1, 0.15) is 5.69 Å². The topological polar surface area (TPSA) is 43.6 Å². The Hall–Kier alpha value is -1.23. The summed E-state index contributed by atoms with van der Waals surface area (Å²) in [5, 5.41) is 0. The molecule has 2 aromatic rings. The van der Waals surface area contributed by atoms with Gasteiger partial charge in [0.1, 0.15) is 11.8 Å². The standard InChI is InChI=1S/C9H14N4Si/c1-7-8-9(11-5-10-7)13(6-12-8)14(2,3)4/h5-6H,1-4H3. The number of aryl methyl sites for hydroxylation is 1. The molecule has 0 saturated carbocycles.